The highest BCUT2D eigenvalue weighted by Gasteiger charge is 2.19. The van der Waals surface area contributed by atoms with Crippen LogP contribution in [-0.2, 0) is 4.79 Å². The summed E-state index contributed by atoms with van der Waals surface area (Å²) >= 11 is 0. The van der Waals surface area contributed by atoms with Gasteiger partial charge in [0.2, 0.25) is 5.89 Å². The van der Waals surface area contributed by atoms with Crippen molar-refractivity contribution in [3.63, 3.8) is 0 Å². The molecule has 0 radical (unpaired) electrons. The summed E-state index contributed by atoms with van der Waals surface area (Å²) in [5.74, 6) is -0.962. The van der Waals surface area contributed by atoms with Crippen LogP contribution in [0.4, 0.5) is 0 Å². The second-order valence-corrected chi connectivity index (χ2v) is 3.34. The molecule has 7 heteroatoms. The Kier molecular flexibility index (Phi) is 2.93. The summed E-state index contributed by atoms with van der Waals surface area (Å²) in [6, 6.07) is 6.08. The van der Waals surface area contributed by atoms with Gasteiger partial charge in [-0.2, -0.15) is 0 Å². The van der Waals surface area contributed by atoms with Gasteiger partial charge < -0.3 is 9.52 Å². The summed E-state index contributed by atoms with van der Waals surface area (Å²) in [5.41, 5.74) is 9.52. The maximum absolute atomic E-state index is 10.6. The molecule has 0 aliphatic rings. The fourth-order valence-electron chi connectivity index (χ4n) is 1.44. The van der Waals surface area contributed by atoms with Crippen LogP contribution in [-0.4, -0.2) is 16.1 Å². The molecular weight excluding hydrogens is 224 g/mol. The van der Waals surface area contributed by atoms with Gasteiger partial charge in [-0.1, -0.05) is 17.2 Å². The third-order valence-electron chi connectivity index (χ3n) is 2.15. The molecule has 0 spiro atoms. The topological polar surface area (TPSA) is 112 Å². The summed E-state index contributed by atoms with van der Waals surface area (Å²) in [6.07, 6.45) is -0.350. The molecule has 1 N–H and O–H groups in total. The first-order chi connectivity index (χ1) is 8.20. The van der Waals surface area contributed by atoms with Crippen LogP contribution in [0.3, 0.4) is 0 Å². The number of aliphatic carboxylic acids is 1. The zero-order valence-corrected chi connectivity index (χ0v) is 8.65. The Morgan fingerprint density at radius 3 is 3.00 bits per heavy atom. The third-order valence-corrected chi connectivity index (χ3v) is 2.15. The van der Waals surface area contributed by atoms with Crippen LogP contribution in [0.1, 0.15) is 18.4 Å². The standard InChI is InChI=1S/C10H8N4O3/c11-14-13-7(5-9(15)16)10-12-6-3-1-2-4-8(6)17-10/h1-4,7H,5H2,(H,15,16). The van der Waals surface area contributed by atoms with Crippen LogP contribution in [0.5, 0.6) is 0 Å². The predicted octanol–water partition coefficient (Wildman–Crippen LogP) is 2.65. The molecule has 2 aromatic rings. The minimum absolute atomic E-state index is 0.117. The van der Waals surface area contributed by atoms with Crippen LogP contribution in [0.2, 0.25) is 0 Å². The maximum atomic E-state index is 10.6. The predicted molar refractivity (Wildman–Crippen MR) is 58.1 cm³/mol. The molecule has 0 aliphatic heterocycles. The van der Waals surface area contributed by atoms with Crippen molar-refractivity contribution in [2.45, 2.75) is 12.5 Å². The number of carboxylic acids is 1. The van der Waals surface area contributed by atoms with E-state index in [2.05, 4.69) is 15.0 Å². The minimum Gasteiger partial charge on any atom is -0.481 e. The number of oxazole rings is 1. The smallest absolute Gasteiger partial charge is 0.304 e. The molecular formula is C10H8N4O3. The molecule has 0 fully saturated rings. The van der Waals surface area contributed by atoms with Gasteiger partial charge in [-0.15, -0.1) is 0 Å². The van der Waals surface area contributed by atoms with E-state index in [0.29, 0.717) is 11.1 Å². The first kappa shape index (κ1) is 11.0. The molecule has 1 unspecified atom stereocenters. The molecule has 2 rings (SSSR count). The molecule has 1 heterocycles. The number of nitrogens with zero attached hydrogens (tertiary/aromatic N) is 4. The Hall–Kier alpha value is -2.53. The van der Waals surface area contributed by atoms with Crippen molar-refractivity contribution < 1.29 is 14.3 Å². The molecule has 0 saturated carbocycles. The first-order valence-electron chi connectivity index (χ1n) is 4.82. The Balaban J connectivity index is 2.41. The molecule has 1 aromatic carbocycles. The van der Waals surface area contributed by atoms with Gasteiger partial charge in [0, 0.05) is 4.91 Å². The van der Waals surface area contributed by atoms with Crippen LogP contribution in [0.25, 0.3) is 21.5 Å². The quantitative estimate of drug-likeness (QED) is 0.495. The summed E-state index contributed by atoms with van der Waals surface area (Å²) in [6.45, 7) is 0. The van der Waals surface area contributed by atoms with Gasteiger partial charge in [-0.3, -0.25) is 4.79 Å². The van der Waals surface area contributed by atoms with Crippen molar-refractivity contribution in [3.8, 4) is 0 Å². The lowest BCUT2D eigenvalue weighted by atomic mass is 10.2. The average molecular weight is 232 g/mol. The summed E-state index contributed by atoms with van der Waals surface area (Å²) in [4.78, 5) is 17.3. The highest BCUT2D eigenvalue weighted by Crippen LogP contribution is 2.25. The molecule has 1 aromatic heterocycles. The van der Waals surface area contributed by atoms with E-state index in [1.165, 1.54) is 0 Å². The summed E-state index contributed by atoms with van der Waals surface area (Å²) in [7, 11) is 0. The highest BCUT2D eigenvalue weighted by molar-refractivity contribution is 5.72. The number of carbonyl (C=O) groups is 1. The zero-order valence-electron chi connectivity index (χ0n) is 8.65. The number of aromatic nitrogens is 1. The van der Waals surface area contributed by atoms with Crippen molar-refractivity contribution in [1.82, 2.24) is 4.98 Å². The van der Waals surface area contributed by atoms with Crippen molar-refractivity contribution in [1.29, 1.82) is 0 Å². The number of azide groups is 1. The van der Waals surface area contributed by atoms with Gasteiger partial charge in [-0.05, 0) is 17.7 Å². The Morgan fingerprint density at radius 1 is 1.59 bits per heavy atom. The first-order valence-corrected chi connectivity index (χ1v) is 4.82. The second-order valence-electron chi connectivity index (χ2n) is 3.34. The minimum atomic E-state index is -1.08. The normalized spacial score (nSPS) is 12.0. The third kappa shape index (κ3) is 2.35. The van der Waals surface area contributed by atoms with Crippen LogP contribution in [0.15, 0.2) is 33.8 Å². The average Bonchev–Trinajstić information content (AvgIpc) is 2.71. The Labute approximate surface area is 95.3 Å². The van der Waals surface area contributed by atoms with E-state index in [-0.39, 0.29) is 12.3 Å². The summed E-state index contributed by atoms with van der Waals surface area (Å²) in [5, 5.41) is 12.1. The van der Waals surface area contributed by atoms with Crippen molar-refractivity contribution in [3.05, 3.63) is 40.6 Å². The number of hydrogen-bond donors (Lipinski definition) is 1. The van der Waals surface area contributed by atoms with Crippen LogP contribution >= 0.6 is 0 Å². The Morgan fingerprint density at radius 2 is 2.35 bits per heavy atom. The van der Waals surface area contributed by atoms with Crippen molar-refractivity contribution in [2.75, 3.05) is 0 Å². The van der Waals surface area contributed by atoms with Gasteiger partial charge in [0.25, 0.3) is 0 Å². The Bertz CT molecular complexity index is 567. The zero-order chi connectivity index (χ0) is 12.3. The molecule has 86 valence electrons. The lowest BCUT2D eigenvalue weighted by molar-refractivity contribution is -0.137. The van der Waals surface area contributed by atoms with Crippen LogP contribution in [0, 0.1) is 0 Å². The molecule has 0 amide bonds. The van der Waals surface area contributed by atoms with E-state index in [0.717, 1.165) is 0 Å². The fraction of sp³-hybridized carbons (Fsp3) is 0.200. The second kappa shape index (κ2) is 4.54. The van der Waals surface area contributed by atoms with E-state index >= 15 is 0 Å². The van der Waals surface area contributed by atoms with Crippen molar-refractivity contribution >= 4 is 17.1 Å². The largest absolute Gasteiger partial charge is 0.481 e. The highest BCUT2D eigenvalue weighted by atomic mass is 16.4. The van der Waals surface area contributed by atoms with Gasteiger partial charge in [0.05, 0.1) is 6.42 Å². The monoisotopic (exact) mass is 232 g/mol. The van der Waals surface area contributed by atoms with Crippen LogP contribution < -0.4 is 0 Å². The summed E-state index contributed by atoms with van der Waals surface area (Å²) < 4.78 is 5.34. The van der Waals surface area contributed by atoms with Gasteiger partial charge in [-0.25, -0.2) is 4.98 Å². The molecule has 0 saturated heterocycles. The van der Waals surface area contributed by atoms with E-state index in [1.807, 2.05) is 0 Å². The van der Waals surface area contributed by atoms with E-state index in [4.69, 9.17) is 15.1 Å². The number of carboxylic acid groups (broad SMARTS) is 1. The van der Waals surface area contributed by atoms with Gasteiger partial charge >= 0.3 is 5.97 Å². The lowest BCUT2D eigenvalue weighted by Gasteiger charge is -2.01. The van der Waals surface area contributed by atoms with E-state index in [1.54, 1.807) is 24.3 Å². The van der Waals surface area contributed by atoms with Gasteiger partial charge in [0.1, 0.15) is 11.6 Å². The number of para-hydroxylation sites is 2. The fourth-order valence-corrected chi connectivity index (χ4v) is 1.44. The van der Waals surface area contributed by atoms with Gasteiger partial charge in [0.15, 0.2) is 5.58 Å². The molecule has 0 bridgehead atoms. The maximum Gasteiger partial charge on any atom is 0.304 e. The SMILES string of the molecule is [N-]=[N+]=NC(CC(=O)O)c1nc2ccccc2o1. The number of rotatable bonds is 4. The lowest BCUT2D eigenvalue weighted by Crippen LogP contribution is -2.03. The number of hydrogen-bond acceptors (Lipinski definition) is 4. The molecule has 7 nitrogen and oxygen atoms in total. The van der Waals surface area contributed by atoms with E-state index in [9.17, 15) is 4.79 Å². The van der Waals surface area contributed by atoms with E-state index < -0.39 is 12.0 Å². The molecule has 0 aliphatic carbocycles. The number of benzene rings is 1. The molecule has 1 atom stereocenters. The van der Waals surface area contributed by atoms with Crippen molar-refractivity contribution in [2.24, 2.45) is 5.11 Å². The number of fused-ring (bicyclic) bond motifs is 1. The molecule has 17 heavy (non-hydrogen) atoms.